The highest BCUT2D eigenvalue weighted by Crippen LogP contribution is 2.63. The molecule has 21 rings (SSSR count). The van der Waals surface area contributed by atoms with Crippen LogP contribution < -0.4 is 0 Å². The van der Waals surface area contributed by atoms with Crippen molar-refractivity contribution in [3.63, 3.8) is 0 Å². The Balaban J connectivity index is 1.10. The van der Waals surface area contributed by atoms with Crippen LogP contribution in [0.3, 0.4) is 0 Å². The van der Waals surface area contributed by atoms with Crippen LogP contribution in [0, 0.1) is 0 Å². The van der Waals surface area contributed by atoms with Gasteiger partial charge in [-0.15, -0.1) is 0 Å². The highest BCUT2D eigenvalue weighted by molar-refractivity contribution is 7.99. The van der Waals surface area contributed by atoms with Crippen molar-refractivity contribution in [3.8, 4) is 0 Å². The first kappa shape index (κ1) is 104. The Morgan fingerprint density at radius 3 is 0.521 bits per heavy atom. The van der Waals surface area contributed by atoms with E-state index >= 15 is 0 Å². The summed E-state index contributed by atoms with van der Waals surface area (Å²) in [5, 5.41) is 215. The molecular formula is C60H80F26O33S2. The third kappa shape index (κ3) is 19.5. The summed E-state index contributed by atoms with van der Waals surface area (Å²) in [6.07, 6.45) is -111. The van der Waals surface area contributed by atoms with Crippen LogP contribution in [0.15, 0.2) is 0 Å². The van der Waals surface area contributed by atoms with Gasteiger partial charge in [0, 0.05) is 24.3 Å². The van der Waals surface area contributed by atoms with Crippen LogP contribution in [-0.4, -0.2) is 440 Å². The van der Waals surface area contributed by atoms with Crippen molar-refractivity contribution in [3.05, 3.63) is 0 Å². The Hall–Kier alpha value is -2.44. The minimum atomic E-state index is -8.27. The summed E-state index contributed by atoms with van der Waals surface area (Å²) in [7, 11) is 0. The van der Waals surface area contributed by atoms with E-state index in [9.17, 15) is 211 Å². The van der Waals surface area contributed by atoms with Crippen molar-refractivity contribution in [2.24, 2.45) is 0 Å². The van der Waals surface area contributed by atoms with Gasteiger partial charge in [-0.25, -0.2) is 0 Å². The summed E-state index contributed by atoms with van der Waals surface area (Å²) < 4.78 is 441. The number of hydrogen-bond donors (Lipinski definition) is 19. The molecule has 0 unspecified atom stereocenters. The average Bonchev–Trinajstić information content (AvgIpc) is 0.713. The molecule has 21 saturated heterocycles. The van der Waals surface area contributed by atoms with E-state index in [0.717, 1.165) is 0 Å². The monoisotopic (exact) mass is 1890 g/mol. The van der Waals surface area contributed by atoms with Crippen LogP contribution in [0.5, 0.6) is 0 Å². The zero-order valence-electron chi connectivity index (χ0n) is 60.3. The molecule has 21 aliphatic rings. The number of halogens is 26. The molecule has 0 spiro atoms. The van der Waals surface area contributed by atoms with Crippen molar-refractivity contribution in [1.82, 2.24) is 0 Å². The lowest BCUT2D eigenvalue weighted by atomic mass is 9.92. The zero-order valence-corrected chi connectivity index (χ0v) is 61.9. The number of hydrogen-bond acceptors (Lipinski definition) is 35. The molecule has 0 amide bonds. The van der Waals surface area contributed by atoms with Crippen LogP contribution in [0.2, 0.25) is 0 Å². The lowest BCUT2D eigenvalue weighted by molar-refractivity contribution is -0.440. The predicted octanol–water partition coefficient (Wildman–Crippen LogP) is -2.71. The van der Waals surface area contributed by atoms with Crippen LogP contribution in [0.25, 0.3) is 0 Å². The number of ether oxygens (including phenoxy) is 14. The van der Waals surface area contributed by atoms with E-state index in [4.69, 9.17) is 66.3 Å². The smallest absolute Gasteiger partial charge is 0.394 e. The second-order valence-corrected chi connectivity index (χ2v) is 30.9. The Bertz CT molecular complexity index is 3200. The van der Waals surface area contributed by atoms with Crippen molar-refractivity contribution < 1.29 is 277 Å². The maximum absolute atomic E-state index is 14.9. The maximum Gasteiger partial charge on any atom is 0.460 e. The fourth-order valence-electron chi connectivity index (χ4n) is 13.5. The average molecular weight is 1890 g/mol. The van der Waals surface area contributed by atoms with Gasteiger partial charge in [-0.2, -0.15) is 138 Å². The van der Waals surface area contributed by atoms with Gasteiger partial charge in [0.2, 0.25) is 0 Å². The minimum Gasteiger partial charge on any atom is -0.394 e. The molecule has 33 nitrogen and oxygen atoms in total. The van der Waals surface area contributed by atoms with Gasteiger partial charge >= 0.3 is 71.6 Å². The van der Waals surface area contributed by atoms with Crippen LogP contribution in [0.1, 0.15) is 25.7 Å². The predicted molar refractivity (Wildman–Crippen MR) is 329 cm³/mol. The van der Waals surface area contributed by atoms with Crippen molar-refractivity contribution in [2.75, 3.05) is 56.0 Å². The summed E-state index contributed by atoms with van der Waals surface area (Å²) in [5.41, 5.74) is 0. The van der Waals surface area contributed by atoms with E-state index in [-0.39, 0.29) is 23.5 Å². The van der Waals surface area contributed by atoms with Crippen molar-refractivity contribution >= 4 is 23.5 Å². The Labute approximate surface area is 667 Å². The first-order valence-electron chi connectivity index (χ1n) is 35.3. The maximum atomic E-state index is 14.9. The highest BCUT2D eigenvalue weighted by atomic mass is 32.2. The summed E-state index contributed by atoms with van der Waals surface area (Å²) in [6, 6.07) is 0. The van der Waals surface area contributed by atoms with Gasteiger partial charge in [0.25, 0.3) is 0 Å². The summed E-state index contributed by atoms with van der Waals surface area (Å²) in [4.78, 5) is 0. The van der Waals surface area contributed by atoms with Crippen LogP contribution in [-0.2, 0) is 66.3 Å². The standard InChI is InChI=1S/C60H80F26O33S2/c61-49(62,51(65,66)53(69,70)55(73,74)57(77,78)59(81,82)83)3-1-5-120-12-19-40-27(98)34(105)48(112-19)117-39-18(11-91)108-44(30(101)23(39)94)115-37-16(9-89)110-46(32(103)25(37)96)119-41-20(13-121-6-2-4-50(63,64)52(67,68)54(71,72)56(75,76)58(79,80)60(84,85)86)111-47(33(104)26(41)97)116-38-17(10-90)107-43(29(100)22(38)93)113-35-14(7-87)106-42(28(99)21(35)92)114-36-15(8-88)109-45(118-40)31(102)24(36)95/h14-48,87-105H,1-13H2/t14-,15-,16-,17-,18-,19-,20-,21-,22-,23-,24-,25-,26-,27-,28-,29-,30-,31-,32-,33-,34-,35-,36-,37-,38-,39-,40-,41-,42-,43-,44-,45-,46-,47+,48+/m1/s1. The number of aliphatic hydroxyl groups excluding tert-OH is 19. The van der Waals surface area contributed by atoms with E-state index in [1.54, 1.807) is 0 Å². The van der Waals surface area contributed by atoms with Crippen molar-refractivity contribution in [2.45, 2.75) is 312 Å². The summed E-state index contributed by atoms with van der Waals surface area (Å²) >= 11 is 0.152. The summed E-state index contributed by atoms with van der Waals surface area (Å²) in [6.45, 7) is -7.10. The molecule has 0 saturated carbocycles. The van der Waals surface area contributed by atoms with Gasteiger partial charge in [-0.05, 0) is 24.3 Å². The molecular weight excluding hydrogens is 1810 g/mol. The molecule has 0 aromatic heterocycles. The molecule has 0 radical (unpaired) electrons. The Morgan fingerprint density at radius 1 is 0.198 bits per heavy atom. The second-order valence-electron chi connectivity index (χ2n) is 28.6. The van der Waals surface area contributed by atoms with E-state index in [1.807, 2.05) is 0 Å². The van der Waals surface area contributed by atoms with E-state index in [1.165, 1.54) is 0 Å². The molecule has 21 fully saturated rings. The lowest BCUT2D eigenvalue weighted by Crippen LogP contribution is -2.70. The van der Waals surface area contributed by atoms with Crippen LogP contribution >= 0.6 is 23.5 Å². The van der Waals surface area contributed by atoms with Gasteiger partial charge in [-0.3, -0.25) is 0 Å². The fourth-order valence-corrected chi connectivity index (χ4v) is 15.5. The lowest BCUT2D eigenvalue weighted by Gasteiger charge is -2.50. The van der Waals surface area contributed by atoms with Gasteiger partial charge in [0.15, 0.2) is 44.0 Å². The molecule has 35 atom stereocenters. The molecule has 21 heterocycles. The SMILES string of the molecule is OC[C@H]1O[C@@H]2O[C@H]3[C@H](O)[C@@H](O)[C@@H](O[C@H]4[C@H](O)[C@@H](O)[C@H](O[C@H]5[C@H](O)[C@@H](O)[C@@H](O[C@H]6[C@H](O)[C@@H](O)[C@@H](O[C@H]7[C@H](O)[C@@H](O)[C@@H](O[C@H]8[C@H](O)[C@@H](O)[C@H](O[C@H]1[C@H](O)[C@H]2O)O[C@@H]8CSCCCC(F)(F)C(F)(F)C(F)(F)C(F)(F)C(F)(F)C(F)(F)F)O[C@@H]7CO)O[C@@H]6CO)O[C@@H]5CO)O[C@@H]4CSCCCC(F)(F)C(F)(F)C(F)(F)C(F)(F)C(F)(F)C(F)(F)F)O[C@@H]3CO. The topological polar surface area (TPSA) is 514 Å². The van der Waals surface area contributed by atoms with E-state index < -0.39 is 368 Å². The first-order valence-corrected chi connectivity index (χ1v) is 37.6. The van der Waals surface area contributed by atoms with E-state index in [0.29, 0.717) is 0 Å². The molecule has 0 aliphatic carbocycles. The van der Waals surface area contributed by atoms with Gasteiger partial charge < -0.3 is 163 Å². The number of rotatable bonds is 25. The summed E-state index contributed by atoms with van der Waals surface area (Å²) in [5.74, 6) is -82.3. The third-order valence-electron chi connectivity index (χ3n) is 20.5. The molecule has 61 heteroatoms. The third-order valence-corrected chi connectivity index (χ3v) is 22.8. The second kappa shape index (κ2) is 38.5. The highest BCUT2D eigenvalue weighted by Gasteiger charge is 2.92. The molecule has 712 valence electrons. The minimum absolute atomic E-state index is 0.0762. The molecule has 14 bridgehead atoms. The van der Waals surface area contributed by atoms with Gasteiger partial charge in [0.05, 0.1) is 45.2 Å². The molecule has 21 aliphatic heterocycles. The van der Waals surface area contributed by atoms with Crippen molar-refractivity contribution in [1.29, 1.82) is 0 Å². The largest absolute Gasteiger partial charge is 0.460 e. The number of thioether (sulfide) groups is 2. The first-order chi connectivity index (χ1) is 55.4. The zero-order chi connectivity index (χ0) is 91.7. The van der Waals surface area contributed by atoms with Crippen LogP contribution in [0.4, 0.5) is 114 Å². The fraction of sp³-hybridized carbons (Fsp3) is 1.00. The Kier molecular flexibility index (Phi) is 33.1. The van der Waals surface area contributed by atoms with Gasteiger partial charge in [-0.1, -0.05) is 0 Å². The Morgan fingerprint density at radius 2 is 0.355 bits per heavy atom. The number of aliphatic hydroxyl groups is 19. The normalized spacial score (nSPS) is 41.4. The molecule has 121 heavy (non-hydrogen) atoms. The number of alkyl halides is 26. The molecule has 0 aromatic carbocycles. The molecule has 0 aromatic rings. The van der Waals surface area contributed by atoms with Gasteiger partial charge in [0.1, 0.15) is 159 Å². The molecule has 19 N–H and O–H groups in total. The quantitative estimate of drug-likeness (QED) is 0.0326. The van der Waals surface area contributed by atoms with E-state index in [2.05, 4.69) is 0 Å².